The molecule has 2 aromatic heterocycles. The van der Waals surface area contributed by atoms with Gasteiger partial charge >= 0.3 is 0 Å². The molecule has 1 atom stereocenters. The Morgan fingerprint density at radius 3 is 2.82 bits per heavy atom. The van der Waals surface area contributed by atoms with Crippen LogP contribution in [-0.2, 0) is 19.6 Å². The summed E-state index contributed by atoms with van der Waals surface area (Å²) in [5.41, 5.74) is 7.06. The first-order valence-corrected chi connectivity index (χ1v) is 12.8. The number of anilines is 1. The number of rotatable bonds is 10. The standard InChI is InChI=1S/C22H25N5O5S2/c1-27(34(29,30)20-5-3-4-6-24-20)18-11-15(32-8-7-31-2)9-14-10-17(26-21(14)18)22-25-13-16(33-22)12-19(23)28/h3-6,9-11,16,26H,7-8,12-13H2,1-2H3,(H2,23,28). The number of aliphatic imine (C=N–C) groups is 1. The van der Waals surface area contributed by atoms with Crippen LogP contribution in [0.2, 0.25) is 0 Å². The van der Waals surface area contributed by atoms with Crippen LogP contribution in [0.5, 0.6) is 5.75 Å². The summed E-state index contributed by atoms with van der Waals surface area (Å²) < 4.78 is 38.6. The number of sulfonamides is 1. The summed E-state index contributed by atoms with van der Waals surface area (Å²) in [5.74, 6) is 0.132. The minimum absolute atomic E-state index is 0.0153. The van der Waals surface area contributed by atoms with Crippen molar-refractivity contribution < 1.29 is 22.7 Å². The predicted molar refractivity (Wildman–Crippen MR) is 132 cm³/mol. The van der Waals surface area contributed by atoms with Crippen molar-refractivity contribution in [2.75, 3.05) is 38.2 Å². The maximum absolute atomic E-state index is 13.3. The summed E-state index contributed by atoms with van der Waals surface area (Å²) in [7, 11) is -0.869. The van der Waals surface area contributed by atoms with Gasteiger partial charge in [-0.2, -0.15) is 8.42 Å². The molecule has 3 aromatic rings. The minimum atomic E-state index is -3.92. The molecule has 3 heterocycles. The number of pyridine rings is 1. The lowest BCUT2D eigenvalue weighted by Gasteiger charge is -2.20. The van der Waals surface area contributed by atoms with E-state index in [-0.39, 0.29) is 22.6 Å². The average Bonchev–Trinajstić information content (AvgIpc) is 3.45. The first-order valence-electron chi connectivity index (χ1n) is 10.5. The number of primary amides is 1. The van der Waals surface area contributed by atoms with Gasteiger partial charge in [-0.1, -0.05) is 17.8 Å². The van der Waals surface area contributed by atoms with Gasteiger partial charge in [0.1, 0.15) is 17.4 Å². The smallest absolute Gasteiger partial charge is 0.281 e. The number of thioether (sulfide) groups is 1. The Kier molecular flexibility index (Phi) is 7.10. The van der Waals surface area contributed by atoms with E-state index in [1.807, 2.05) is 12.1 Å². The Morgan fingerprint density at radius 2 is 2.12 bits per heavy atom. The second-order valence-corrected chi connectivity index (χ2v) is 10.8. The normalized spacial score (nSPS) is 15.9. The van der Waals surface area contributed by atoms with Crippen molar-refractivity contribution in [2.24, 2.45) is 10.7 Å². The Balaban J connectivity index is 1.74. The Bertz CT molecular complexity index is 1320. The Morgan fingerprint density at radius 1 is 1.29 bits per heavy atom. The molecule has 1 amide bonds. The molecular weight excluding hydrogens is 478 g/mol. The first kappa shape index (κ1) is 24.0. The lowest BCUT2D eigenvalue weighted by molar-refractivity contribution is -0.117. The zero-order chi connectivity index (χ0) is 24.3. The Labute approximate surface area is 201 Å². The monoisotopic (exact) mass is 503 g/mol. The molecule has 1 unspecified atom stereocenters. The van der Waals surface area contributed by atoms with E-state index < -0.39 is 10.0 Å². The van der Waals surface area contributed by atoms with E-state index in [0.29, 0.717) is 36.7 Å². The number of aromatic nitrogens is 2. The Hall–Kier alpha value is -3.09. The van der Waals surface area contributed by atoms with Gasteiger partial charge in [-0.3, -0.25) is 14.1 Å². The molecule has 10 nitrogen and oxygen atoms in total. The van der Waals surface area contributed by atoms with Crippen LogP contribution in [0, 0.1) is 0 Å². The highest BCUT2D eigenvalue weighted by Gasteiger charge is 2.27. The van der Waals surface area contributed by atoms with E-state index in [4.69, 9.17) is 15.2 Å². The zero-order valence-corrected chi connectivity index (χ0v) is 20.4. The first-order chi connectivity index (χ1) is 16.3. The van der Waals surface area contributed by atoms with Gasteiger partial charge in [-0.15, -0.1) is 0 Å². The lowest BCUT2D eigenvalue weighted by Crippen LogP contribution is -2.27. The highest BCUT2D eigenvalue weighted by Crippen LogP contribution is 2.36. The fraction of sp³-hybridized carbons (Fsp3) is 0.318. The molecule has 0 saturated carbocycles. The summed E-state index contributed by atoms with van der Waals surface area (Å²) >= 11 is 1.47. The molecule has 0 aliphatic carbocycles. The number of aromatic amines is 1. The van der Waals surface area contributed by atoms with E-state index in [1.54, 1.807) is 25.3 Å². The van der Waals surface area contributed by atoms with Crippen LogP contribution in [0.4, 0.5) is 5.69 Å². The van der Waals surface area contributed by atoms with E-state index in [9.17, 15) is 13.2 Å². The number of carbonyl (C=O) groups is 1. The van der Waals surface area contributed by atoms with Crippen LogP contribution in [0.25, 0.3) is 10.9 Å². The van der Waals surface area contributed by atoms with Gasteiger partial charge in [0.2, 0.25) is 5.91 Å². The minimum Gasteiger partial charge on any atom is -0.491 e. The average molecular weight is 504 g/mol. The third-order valence-electron chi connectivity index (χ3n) is 5.22. The quantitative estimate of drug-likeness (QED) is 0.404. The molecule has 3 N–H and O–H groups in total. The van der Waals surface area contributed by atoms with Gasteiger partial charge in [0.05, 0.1) is 30.0 Å². The molecule has 1 aromatic carbocycles. The van der Waals surface area contributed by atoms with E-state index in [2.05, 4.69) is 15.0 Å². The van der Waals surface area contributed by atoms with Gasteiger partial charge < -0.3 is 20.2 Å². The molecule has 12 heteroatoms. The van der Waals surface area contributed by atoms with Gasteiger partial charge in [-0.25, -0.2) is 4.98 Å². The van der Waals surface area contributed by atoms with Crippen LogP contribution in [0.1, 0.15) is 12.1 Å². The maximum Gasteiger partial charge on any atom is 0.281 e. The van der Waals surface area contributed by atoms with Crippen molar-refractivity contribution in [3.05, 3.63) is 48.3 Å². The van der Waals surface area contributed by atoms with Gasteiger partial charge in [0.15, 0.2) is 5.03 Å². The number of nitrogens with zero attached hydrogens (tertiary/aromatic N) is 3. The summed E-state index contributed by atoms with van der Waals surface area (Å²) in [6.45, 7) is 1.19. The second kappa shape index (κ2) is 10.0. The SMILES string of the molecule is COCCOc1cc(N(C)S(=O)(=O)c2ccccn2)c2[nH]c(C3=NCC(CC(N)=O)S3)cc2c1. The summed E-state index contributed by atoms with van der Waals surface area (Å²) in [5, 5.41) is 1.42. The van der Waals surface area contributed by atoms with E-state index in [0.717, 1.165) is 16.1 Å². The predicted octanol–water partition coefficient (Wildman–Crippen LogP) is 2.15. The van der Waals surface area contributed by atoms with Crippen molar-refractivity contribution in [1.29, 1.82) is 0 Å². The number of nitrogens with two attached hydrogens (primary N) is 1. The number of hydrogen-bond acceptors (Lipinski definition) is 8. The van der Waals surface area contributed by atoms with Crippen molar-refractivity contribution in [3.63, 3.8) is 0 Å². The molecule has 0 saturated heterocycles. The number of H-pyrrole nitrogens is 1. The molecule has 34 heavy (non-hydrogen) atoms. The van der Waals surface area contributed by atoms with Crippen molar-refractivity contribution in [2.45, 2.75) is 16.7 Å². The second-order valence-electron chi connectivity index (χ2n) is 7.63. The molecule has 1 aliphatic heterocycles. The fourth-order valence-electron chi connectivity index (χ4n) is 3.55. The number of hydrogen-bond donors (Lipinski definition) is 2. The summed E-state index contributed by atoms with van der Waals surface area (Å²) in [4.78, 5) is 23.1. The third kappa shape index (κ3) is 5.03. The third-order valence-corrected chi connectivity index (χ3v) is 8.12. The van der Waals surface area contributed by atoms with Crippen LogP contribution in [0.15, 0.2) is 52.6 Å². The van der Waals surface area contributed by atoms with Crippen molar-refractivity contribution >= 4 is 49.3 Å². The van der Waals surface area contributed by atoms with Crippen molar-refractivity contribution in [1.82, 2.24) is 9.97 Å². The molecule has 1 aliphatic rings. The van der Waals surface area contributed by atoms with Crippen molar-refractivity contribution in [3.8, 4) is 5.75 Å². The highest BCUT2D eigenvalue weighted by atomic mass is 32.2. The number of carbonyl (C=O) groups excluding carboxylic acids is 1. The topological polar surface area (TPSA) is 140 Å². The number of fused-ring (bicyclic) bond motifs is 1. The summed E-state index contributed by atoms with van der Waals surface area (Å²) in [6.07, 6.45) is 1.68. The molecular formula is C22H25N5O5S2. The van der Waals surface area contributed by atoms with E-state index in [1.165, 1.54) is 35.4 Å². The number of methoxy groups -OCH3 is 1. The number of nitrogens with one attached hydrogen (secondary N) is 1. The fourth-order valence-corrected chi connectivity index (χ4v) is 5.78. The van der Waals surface area contributed by atoms with Gasteiger partial charge in [0.25, 0.3) is 10.0 Å². The van der Waals surface area contributed by atoms with Crippen LogP contribution >= 0.6 is 11.8 Å². The number of benzene rings is 1. The zero-order valence-electron chi connectivity index (χ0n) is 18.7. The number of amides is 1. The molecule has 0 radical (unpaired) electrons. The van der Waals surface area contributed by atoms with Gasteiger partial charge in [-0.05, 0) is 24.3 Å². The molecule has 4 rings (SSSR count). The van der Waals surface area contributed by atoms with Crippen LogP contribution in [0.3, 0.4) is 0 Å². The van der Waals surface area contributed by atoms with Crippen LogP contribution < -0.4 is 14.8 Å². The van der Waals surface area contributed by atoms with Gasteiger partial charge in [0, 0.05) is 43.5 Å². The molecule has 0 bridgehead atoms. The molecule has 0 fully saturated rings. The molecule has 0 spiro atoms. The molecule has 180 valence electrons. The van der Waals surface area contributed by atoms with E-state index >= 15 is 0 Å². The number of ether oxygens (including phenoxy) is 2. The maximum atomic E-state index is 13.3. The largest absolute Gasteiger partial charge is 0.491 e. The van der Waals surface area contributed by atoms with Crippen LogP contribution in [-0.4, -0.2) is 68.5 Å². The lowest BCUT2D eigenvalue weighted by atomic mass is 10.2. The highest BCUT2D eigenvalue weighted by molar-refractivity contribution is 8.15. The summed E-state index contributed by atoms with van der Waals surface area (Å²) in [6, 6.07) is 10.1.